The summed E-state index contributed by atoms with van der Waals surface area (Å²) in [4.78, 5) is 2.65. The molecule has 1 saturated heterocycles. The zero-order valence-corrected chi connectivity index (χ0v) is 12.6. The van der Waals surface area contributed by atoms with Crippen molar-refractivity contribution < 1.29 is 0 Å². The first-order valence-corrected chi connectivity index (χ1v) is 8.12. The van der Waals surface area contributed by atoms with Gasteiger partial charge in [-0.05, 0) is 51.5 Å². The summed E-state index contributed by atoms with van der Waals surface area (Å²) in [5.74, 6) is 1.81. The smallest absolute Gasteiger partial charge is 0.0198 e. The van der Waals surface area contributed by atoms with Crippen LogP contribution in [0.15, 0.2) is 0 Å². The molecule has 1 saturated carbocycles. The van der Waals surface area contributed by atoms with Gasteiger partial charge < -0.3 is 5.32 Å². The molecule has 2 heteroatoms. The maximum absolute atomic E-state index is 3.86. The standard InChI is InChI=1S/C16H32N2/c1-13(2)18-11-14(3)9-16(12-18)17-10-15-7-5-4-6-8-15/h13-17H,4-12H2,1-3H3. The molecule has 0 spiro atoms. The molecule has 2 atom stereocenters. The van der Waals surface area contributed by atoms with Crippen LogP contribution in [-0.2, 0) is 0 Å². The normalized spacial score (nSPS) is 32.0. The molecular formula is C16H32N2. The molecule has 2 rings (SSSR count). The Bertz CT molecular complexity index is 233. The Hall–Kier alpha value is -0.0800. The van der Waals surface area contributed by atoms with Crippen molar-refractivity contribution in [2.45, 2.75) is 71.4 Å². The van der Waals surface area contributed by atoms with Crippen molar-refractivity contribution >= 4 is 0 Å². The molecule has 0 aromatic carbocycles. The number of nitrogens with zero attached hydrogens (tertiary/aromatic N) is 1. The van der Waals surface area contributed by atoms with Crippen molar-refractivity contribution in [3.05, 3.63) is 0 Å². The minimum absolute atomic E-state index is 0.701. The van der Waals surface area contributed by atoms with E-state index >= 15 is 0 Å². The molecular weight excluding hydrogens is 220 g/mol. The van der Waals surface area contributed by atoms with E-state index in [0.717, 1.165) is 17.9 Å². The second-order valence-electron chi connectivity index (χ2n) is 7.00. The number of nitrogens with one attached hydrogen (secondary N) is 1. The Balaban J connectivity index is 1.73. The maximum atomic E-state index is 3.86. The summed E-state index contributed by atoms with van der Waals surface area (Å²) in [6.45, 7) is 10.9. The topological polar surface area (TPSA) is 15.3 Å². The van der Waals surface area contributed by atoms with Crippen LogP contribution in [0.5, 0.6) is 0 Å². The van der Waals surface area contributed by atoms with E-state index in [-0.39, 0.29) is 0 Å². The van der Waals surface area contributed by atoms with Crippen molar-refractivity contribution in [2.75, 3.05) is 19.6 Å². The minimum atomic E-state index is 0.701. The monoisotopic (exact) mass is 252 g/mol. The van der Waals surface area contributed by atoms with Crippen LogP contribution < -0.4 is 5.32 Å². The summed E-state index contributed by atoms with van der Waals surface area (Å²) >= 11 is 0. The van der Waals surface area contributed by atoms with Gasteiger partial charge in [0.1, 0.15) is 0 Å². The molecule has 1 aliphatic carbocycles. The van der Waals surface area contributed by atoms with Crippen LogP contribution in [-0.4, -0.2) is 36.6 Å². The first-order valence-electron chi connectivity index (χ1n) is 8.12. The van der Waals surface area contributed by atoms with E-state index in [1.807, 2.05) is 0 Å². The summed E-state index contributed by atoms with van der Waals surface area (Å²) in [7, 11) is 0. The summed E-state index contributed by atoms with van der Waals surface area (Å²) in [6, 6.07) is 1.44. The summed E-state index contributed by atoms with van der Waals surface area (Å²) in [6.07, 6.45) is 8.69. The van der Waals surface area contributed by atoms with Gasteiger partial charge in [0.05, 0.1) is 0 Å². The minimum Gasteiger partial charge on any atom is -0.312 e. The van der Waals surface area contributed by atoms with E-state index in [4.69, 9.17) is 0 Å². The first kappa shape index (κ1) is 14.3. The summed E-state index contributed by atoms with van der Waals surface area (Å²) < 4.78 is 0. The van der Waals surface area contributed by atoms with Crippen molar-refractivity contribution in [1.29, 1.82) is 0 Å². The van der Waals surface area contributed by atoms with Crippen molar-refractivity contribution in [1.82, 2.24) is 10.2 Å². The molecule has 1 heterocycles. The fraction of sp³-hybridized carbons (Fsp3) is 1.00. The van der Waals surface area contributed by atoms with Gasteiger partial charge in [-0.15, -0.1) is 0 Å². The van der Waals surface area contributed by atoms with Crippen LogP contribution in [0.2, 0.25) is 0 Å². The molecule has 0 radical (unpaired) electrons. The van der Waals surface area contributed by atoms with Gasteiger partial charge in [-0.1, -0.05) is 26.2 Å². The fourth-order valence-electron chi connectivity index (χ4n) is 3.69. The van der Waals surface area contributed by atoms with E-state index in [0.29, 0.717) is 6.04 Å². The summed E-state index contributed by atoms with van der Waals surface area (Å²) in [5.41, 5.74) is 0. The molecule has 1 N–H and O–H groups in total. The van der Waals surface area contributed by atoms with Crippen LogP contribution in [0.25, 0.3) is 0 Å². The SMILES string of the molecule is CC1CC(NCC2CCCCC2)CN(C(C)C)C1. The second kappa shape index (κ2) is 6.91. The molecule has 1 aliphatic heterocycles. The van der Waals surface area contributed by atoms with E-state index in [1.165, 1.54) is 58.2 Å². The molecule has 0 amide bonds. The van der Waals surface area contributed by atoms with Crippen LogP contribution in [0.4, 0.5) is 0 Å². The van der Waals surface area contributed by atoms with Gasteiger partial charge >= 0.3 is 0 Å². The third kappa shape index (κ3) is 4.24. The van der Waals surface area contributed by atoms with E-state index < -0.39 is 0 Å². The van der Waals surface area contributed by atoms with Crippen LogP contribution in [0, 0.1) is 11.8 Å². The Morgan fingerprint density at radius 3 is 2.50 bits per heavy atom. The molecule has 2 aliphatic rings. The van der Waals surface area contributed by atoms with Gasteiger partial charge in [0.2, 0.25) is 0 Å². The van der Waals surface area contributed by atoms with Gasteiger partial charge in [-0.2, -0.15) is 0 Å². The Kier molecular flexibility index (Phi) is 5.50. The lowest BCUT2D eigenvalue weighted by atomic mass is 9.88. The number of likely N-dealkylation sites (tertiary alicyclic amines) is 1. The number of piperidine rings is 1. The zero-order valence-electron chi connectivity index (χ0n) is 12.6. The number of hydrogen-bond donors (Lipinski definition) is 1. The Labute approximate surface area is 114 Å². The molecule has 0 aromatic rings. The highest BCUT2D eigenvalue weighted by Gasteiger charge is 2.26. The van der Waals surface area contributed by atoms with Gasteiger partial charge in [0.15, 0.2) is 0 Å². The van der Waals surface area contributed by atoms with Gasteiger partial charge in [0.25, 0.3) is 0 Å². The third-order valence-corrected chi connectivity index (χ3v) is 4.84. The van der Waals surface area contributed by atoms with Gasteiger partial charge in [-0.25, -0.2) is 0 Å². The second-order valence-corrected chi connectivity index (χ2v) is 7.00. The molecule has 18 heavy (non-hydrogen) atoms. The summed E-state index contributed by atoms with van der Waals surface area (Å²) in [5, 5.41) is 3.86. The lowest BCUT2D eigenvalue weighted by molar-refractivity contribution is 0.115. The van der Waals surface area contributed by atoms with Crippen LogP contribution >= 0.6 is 0 Å². The molecule has 0 aromatic heterocycles. The van der Waals surface area contributed by atoms with E-state index in [1.54, 1.807) is 0 Å². The highest BCUT2D eigenvalue weighted by atomic mass is 15.2. The van der Waals surface area contributed by atoms with E-state index in [9.17, 15) is 0 Å². The average molecular weight is 252 g/mol. The predicted molar refractivity (Wildman–Crippen MR) is 78.9 cm³/mol. The van der Waals surface area contributed by atoms with Gasteiger partial charge in [0, 0.05) is 25.2 Å². The van der Waals surface area contributed by atoms with Crippen LogP contribution in [0.3, 0.4) is 0 Å². The Morgan fingerprint density at radius 2 is 1.83 bits per heavy atom. The molecule has 0 bridgehead atoms. The van der Waals surface area contributed by atoms with E-state index in [2.05, 4.69) is 31.0 Å². The maximum Gasteiger partial charge on any atom is 0.0198 e. The fourth-order valence-corrected chi connectivity index (χ4v) is 3.69. The molecule has 2 nitrogen and oxygen atoms in total. The highest BCUT2D eigenvalue weighted by Crippen LogP contribution is 2.24. The lowest BCUT2D eigenvalue weighted by Gasteiger charge is -2.40. The third-order valence-electron chi connectivity index (χ3n) is 4.84. The number of rotatable bonds is 4. The zero-order chi connectivity index (χ0) is 13.0. The van der Waals surface area contributed by atoms with Gasteiger partial charge in [-0.3, -0.25) is 4.90 Å². The van der Waals surface area contributed by atoms with Crippen molar-refractivity contribution in [3.63, 3.8) is 0 Å². The molecule has 2 unspecified atom stereocenters. The quantitative estimate of drug-likeness (QED) is 0.826. The largest absolute Gasteiger partial charge is 0.312 e. The van der Waals surface area contributed by atoms with Crippen LogP contribution in [0.1, 0.15) is 59.3 Å². The lowest BCUT2D eigenvalue weighted by Crippen LogP contribution is -2.51. The molecule has 106 valence electrons. The predicted octanol–water partition coefficient (Wildman–Crippen LogP) is 3.28. The number of hydrogen-bond acceptors (Lipinski definition) is 2. The Morgan fingerprint density at radius 1 is 1.11 bits per heavy atom. The molecule has 2 fully saturated rings. The van der Waals surface area contributed by atoms with Crippen molar-refractivity contribution in [3.8, 4) is 0 Å². The average Bonchev–Trinajstić information content (AvgIpc) is 2.37. The first-order chi connectivity index (χ1) is 8.65. The van der Waals surface area contributed by atoms with Crippen molar-refractivity contribution in [2.24, 2.45) is 11.8 Å². The highest BCUT2D eigenvalue weighted by molar-refractivity contribution is 4.84.